The summed E-state index contributed by atoms with van der Waals surface area (Å²) in [6.07, 6.45) is 3.36. The standard InChI is InChI=1S/C14H17ClN2S/c15-8-5-14-16-12-3-1-2-4-13(12)17(14)11-6-9-18-10-7-11/h1-4,11H,5-10H2. The van der Waals surface area contributed by atoms with Gasteiger partial charge in [0.1, 0.15) is 5.82 Å². The van der Waals surface area contributed by atoms with Crippen LogP contribution < -0.4 is 0 Å². The molecule has 1 aliphatic rings. The van der Waals surface area contributed by atoms with Crippen molar-refractivity contribution in [2.75, 3.05) is 17.4 Å². The molecule has 1 aromatic carbocycles. The van der Waals surface area contributed by atoms with Crippen LogP contribution in [0.4, 0.5) is 0 Å². The highest BCUT2D eigenvalue weighted by Crippen LogP contribution is 2.31. The van der Waals surface area contributed by atoms with Gasteiger partial charge in [0.05, 0.1) is 11.0 Å². The largest absolute Gasteiger partial charge is 0.325 e. The van der Waals surface area contributed by atoms with Crippen molar-refractivity contribution in [2.24, 2.45) is 0 Å². The van der Waals surface area contributed by atoms with Crippen molar-refractivity contribution in [1.82, 2.24) is 9.55 Å². The molecule has 1 aliphatic heterocycles. The van der Waals surface area contributed by atoms with Crippen LogP contribution in [0.25, 0.3) is 11.0 Å². The summed E-state index contributed by atoms with van der Waals surface area (Å²) in [4.78, 5) is 4.75. The molecule has 0 spiro atoms. The Kier molecular flexibility index (Phi) is 3.80. The van der Waals surface area contributed by atoms with Crippen molar-refractivity contribution >= 4 is 34.4 Å². The molecule has 0 unspecified atom stereocenters. The van der Waals surface area contributed by atoms with E-state index in [-0.39, 0.29) is 0 Å². The van der Waals surface area contributed by atoms with Crippen LogP contribution in [0.15, 0.2) is 24.3 Å². The first-order chi connectivity index (χ1) is 8.90. The van der Waals surface area contributed by atoms with Crippen LogP contribution in [0.1, 0.15) is 24.7 Å². The second kappa shape index (κ2) is 5.54. The van der Waals surface area contributed by atoms with Gasteiger partial charge in [0.2, 0.25) is 0 Å². The number of hydrogen-bond acceptors (Lipinski definition) is 2. The Balaban J connectivity index is 2.07. The van der Waals surface area contributed by atoms with Gasteiger partial charge in [-0.3, -0.25) is 0 Å². The SMILES string of the molecule is ClCCc1nc2ccccc2n1C1CCSCC1. The molecule has 2 aromatic rings. The fourth-order valence-electron chi connectivity index (χ4n) is 2.71. The van der Waals surface area contributed by atoms with Gasteiger partial charge in [-0.15, -0.1) is 11.6 Å². The van der Waals surface area contributed by atoms with E-state index in [1.165, 1.54) is 29.9 Å². The summed E-state index contributed by atoms with van der Waals surface area (Å²) in [6.45, 7) is 0. The number of para-hydroxylation sites is 2. The Morgan fingerprint density at radius 1 is 1.28 bits per heavy atom. The van der Waals surface area contributed by atoms with E-state index < -0.39 is 0 Å². The Morgan fingerprint density at radius 3 is 2.83 bits per heavy atom. The molecule has 1 saturated heterocycles. The summed E-state index contributed by atoms with van der Waals surface area (Å²) in [6, 6.07) is 9.05. The molecule has 96 valence electrons. The van der Waals surface area contributed by atoms with Crippen LogP contribution in [0.5, 0.6) is 0 Å². The number of alkyl halides is 1. The molecule has 0 amide bonds. The Labute approximate surface area is 117 Å². The molecule has 18 heavy (non-hydrogen) atoms. The molecule has 2 heterocycles. The maximum Gasteiger partial charge on any atom is 0.111 e. The average molecular weight is 281 g/mol. The number of aryl methyl sites for hydroxylation is 1. The third-order valence-corrected chi connectivity index (χ3v) is 4.78. The lowest BCUT2D eigenvalue weighted by molar-refractivity contribution is 0.466. The molecule has 0 aliphatic carbocycles. The Morgan fingerprint density at radius 2 is 2.06 bits per heavy atom. The van der Waals surface area contributed by atoms with E-state index in [1.807, 2.05) is 0 Å². The number of hydrogen-bond donors (Lipinski definition) is 0. The van der Waals surface area contributed by atoms with Gasteiger partial charge >= 0.3 is 0 Å². The van der Waals surface area contributed by atoms with Crippen molar-refractivity contribution in [1.29, 1.82) is 0 Å². The second-order valence-corrected chi connectivity index (χ2v) is 6.27. The minimum Gasteiger partial charge on any atom is -0.325 e. The number of thioether (sulfide) groups is 1. The fourth-order valence-corrected chi connectivity index (χ4v) is 3.96. The highest BCUT2D eigenvalue weighted by molar-refractivity contribution is 7.99. The summed E-state index contributed by atoms with van der Waals surface area (Å²) in [5, 5.41) is 0. The lowest BCUT2D eigenvalue weighted by atomic mass is 10.1. The number of halogens is 1. The van der Waals surface area contributed by atoms with Gasteiger partial charge in [-0.25, -0.2) is 4.98 Å². The van der Waals surface area contributed by atoms with Crippen molar-refractivity contribution in [3.8, 4) is 0 Å². The number of nitrogens with zero attached hydrogens (tertiary/aromatic N) is 2. The lowest BCUT2D eigenvalue weighted by Gasteiger charge is -2.25. The highest BCUT2D eigenvalue weighted by atomic mass is 35.5. The van der Waals surface area contributed by atoms with Crippen molar-refractivity contribution in [3.05, 3.63) is 30.1 Å². The maximum absolute atomic E-state index is 5.92. The smallest absolute Gasteiger partial charge is 0.111 e. The van der Waals surface area contributed by atoms with Crippen molar-refractivity contribution in [3.63, 3.8) is 0 Å². The monoisotopic (exact) mass is 280 g/mol. The number of imidazole rings is 1. The third-order valence-electron chi connectivity index (χ3n) is 3.54. The zero-order valence-corrected chi connectivity index (χ0v) is 11.9. The molecule has 2 nitrogen and oxygen atoms in total. The van der Waals surface area contributed by atoms with Gasteiger partial charge in [-0.05, 0) is 36.5 Å². The predicted octanol–water partition coefficient (Wildman–Crippen LogP) is 3.89. The first-order valence-electron chi connectivity index (χ1n) is 6.49. The second-order valence-electron chi connectivity index (χ2n) is 4.67. The molecule has 3 rings (SSSR count). The summed E-state index contributed by atoms with van der Waals surface area (Å²) in [7, 11) is 0. The molecule has 0 N–H and O–H groups in total. The van der Waals surface area contributed by atoms with E-state index in [9.17, 15) is 0 Å². The zero-order chi connectivity index (χ0) is 12.4. The van der Waals surface area contributed by atoms with E-state index in [1.54, 1.807) is 0 Å². The summed E-state index contributed by atoms with van der Waals surface area (Å²) in [5.74, 6) is 4.32. The van der Waals surface area contributed by atoms with Gasteiger partial charge < -0.3 is 4.57 Å². The van der Waals surface area contributed by atoms with Gasteiger partial charge in [-0.1, -0.05) is 12.1 Å². The van der Waals surface area contributed by atoms with Gasteiger partial charge in [-0.2, -0.15) is 11.8 Å². The molecule has 0 atom stereocenters. The number of aromatic nitrogens is 2. The Bertz CT molecular complexity index is 532. The number of benzene rings is 1. The average Bonchev–Trinajstić information content (AvgIpc) is 2.78. The van der Waals surface area contributed by atoms with Crippen LogP contribution in [0, 0.1) is 0 Å². The molecule has 0 bridgehead atoms. The molecule has 1 aromatic heterocycles. The highest BCUT2D eigenvalue weighted by Gasteiger charge is 2.20. The van der Waals surface area contributed by atoms with E-state index in [4.69, 9.17) is 16.6 Å². The third kappa shape index (κ3) is 2.26. The minimum atomic E-state index is 0.608. The maximum atomic E-state index is 5.92. The summed E-state index contributed by atoms with van der Waals surface area (Å²) >= 11 is 7.98. The normalized spacial score (nSPS) is 17.4. The van der Waals surface area contributed by atoms with Crippen LogP contribution in [0.2, 0.25) is 0 Å². The van der Waals surface area contributed by atoms with Crippen LogP contribution in [-0.2, 0) is 6.42 Å². The molecular weight excluding hydrogens is 264 g/mol. The number of rotatable bonds is 3. The molecule has 0 radical (unpaired) electrons. The number of fused-ring (bicyclic) bond motifs is 1. The van der Waals surface area contributed by atoms with E-state index in [2.05, 4.69) is 40.6 Å². The van der Waals surface area contributed by atoms with Crippen molar-refractivity contribution in [2.45, 2.75) is 25.3 Å². The van der Waals surface area contributed by atoms with Crippen LogP contribution in [0.3, 0.4) is 0 Å². The Hall–Kier alpha value is -0.670. The van der Waals surface area contributed by atoms with Crippen LogP contribution in [-0.4, -0.2) is 26.9 Å². The molecule has 1 fully saturated rings. The first kappa shape index (κ1) is 12.4. The van der Waals surface area contributed by atoms with E-state index in [0.29, 0.717) is 11.9 Å². The van der Waals surface area contributed by atoms with E-state index >= 15 is 0 Å². The minimum absolute atomic E-state index is 0.608. The predicted molar refractivity (Wildman–Crippen MR) is 79.8 cm³/mol. The zero-order valence-electron chi connectivity index (χ0n) is 10.3. The summed E-state index contributed by atoms with van der Waals surface area (Å²) < 4.78 is 2.44. The topological polar surface area (TPSA) is 17.8 Å². The van der Waals surface area contributed by atoms with Crippen molar-refractivity contribution < 1.29 is 0 Å². The molecular formula is C14H17ClN2S. The van der Waals surface area contributed by atoms with Gasteiger partial charge in [0, 0.05) is 18.3 Å². The lowest BCUT2D eigenvalue weighted by Crippen LogP contribution is -2.17. The van der Waals surface area contributed by atoms with E-state index in [0.717, 1.165) is 17.8 Å². The molecule has 0 saturated carbocycles. The fraction of sp³-hybridized carbons (Fsp3) is 0.500. The quantitative estimate of drug-likeness (QED) is 0.794. The van der Waals surface area contributed by atoms with Gasteiger partial charge in [0.15, 0.2) is 0 Å². The first-order valence-corrected chi connectivity index (χ1v) is 8.18. The molecule has 4 heteroatoms. The van der Waals surface area contributed by atoms with Crippen LogP contribution >= 0.6 is 23.4 Å². The van der Waals surface area contributed by atoms with Gasteiger partial charge in [0.25, 0.3) is 0 Å². The summed E-state index contributed by atoms with van der Waals surface area (Å²) in [5.41, 5.74) is 2.38.